The maximum atomic E-state index is 13.3. The van der Waals surface area contributed by atoms with E-state index in [-0.39, 0.29) is 18.3 Å². The van der Waals surface area contributed by atoms with Gasteiger partial charge in [-0.3, -0.25) is 9.59 Å². The maximum Gasteiger partial charge on any atom is 0.329 e. The highest BCUT2D eigenvalue weighted by Gasteiger charge is 2.43. The molecule has 1 saturated heterocycles. The Labute approximate surface area is 214 Å². The Morgan fingerprint density at radius 2 is 1.78 bits per heavy atom. The number of carboxylic acids is 1. The number of likely N-dealkylation sites (tertiary alicyclic amines) is 1. The summed E-state index contributed by atoms with van der Waals surface area (Å²) in [5.74, 6) is -1.89. The first-order valence-electron chi connectivity index (χ1n) is 11.6. The highest BCUT2D eigenvalue weighted by molar-refractivity contribution is 8.00. The Hall–Kier alpha value is -3.53. The van der Waals surface area contributed by atoms with E-state index in [0.717, 1.165) is 17.3 Å². The molecule has 3 rings (SSSR count). The number of rotatable bonds is 8. The van der Waals surface area contributed by atoms with E-state index in [1.165, 1.54) is 4.90 Å². The minimum Gasteiger partial charge on any atom is -0.481 e. The second kappa shape index (κ2) is 11.9. The van der Waals surface area contributed by atoms with Crippen molar-refractivity contribution < 1.29 is 29.0 Å². The summed E-state index contributed by atoms with van der Waals surface area (Å²) in [6, 6.07) is 14.6. The van der Waals surface area contributed by atoms with Crippen LogP contribution in [0.15, 0.2) is 59.5 Å². The lowest BCUT2D eigenvalue weighted by molar-refractivity contribution is -0.164. The molecule has 10 heteroatoms. The fraction of sp³-hybridized carbons (Fsp3) is 0.385. The summed E-state index contributed by atoms with van der Waals surface area (Å²) < 4.78 is 5.57. The molecule has 0 aromatic heterocycles. The van der Waals surface area contributed by atoms with Crippen molar-refractivity contribution in [2.45, 2.75) is 56.2 Å². The van der Waals surface area contributed by atoms with E-state index in [0.29, 0.717) is 23.4 Å². The van der Waals surface area contributed by atoms with E-state index in [2.05, 4.69) is 10.6 Å². The number of hydrogen-bond donors (Lipinski definition) is 3. The van der Waals surface area contributed by atoms with E-state index < -0.39 is 35.5 Å². The third-order valence-corrected chi connectivity index (χ3v) is 6.37. The molecule has 192 valence electrons. The van der Waals surface area contributed by atoms with Crippen LogP contribution >= 0.6 is 11.8 Å². The van der Waals surface area contributed by atoms with Crippen molar-refractivity contribution in [2.24, 2.45) is 0 Å². The van der Waals surface area contributed by atoms with Crippen LogP contribution in [0, 0.1) is 0 Å². The molecule has 36 heavy (non-hydrogen) atoms. The molecule has 1 heterocycles. The zero-order valence-corrected chi connectivity index (χ0v) is 21.3. The summed E-state index contributed by atoms with van der Waals surface area (Å²) in [6.45, 7) is 5.03. The summed E-state index contributed by atoms with van der Waals surface area (Å²) in [4.78, 5) is 51.7. The smallest absolute Gasteiger partial charge is 0.329 e. The molecule has 2 aromatic rings. The Bertz CT molecular complexity index is 1100. The number of urea groups is 1. The molecule has 0 bridgehead atoms. The number of carboxylic acid groups (broad SMARTS) is 1. The zero-order valence-electron chi connectivity index (χ0n) is 20.5. The topological polar surface area (TPSA) is 125 Å². The normalized spacial score (nSPS) is 17.4. The minimum atomic E-state index is -0.935. The van der Waals surface area contributed by atoms with Crippen LogP contribution in [-0.2, 0) is 19.1 Å². The Morgan fingerprint density at radius 3 is 2.44 bits per heavy atom. The summed E-state index contributed by atoms with van der Waals surface area (Å²) in [5, 5.41) is 14.0. The van der Waals surface area contributed by atoms with Crippen molar-refractivity contribution in [2.75, 3.05) is 17.6 Å². The monoisotopic (exact) mass is 513 g/mol. The molecule has 1 fully saturated rings. The fourth-order valence-corrected chi connectivity index (χ4v) is 4.67. The lowest BCUT2D eigenvalue weighted by Gasteiger charge is -2.31. The zero-order chi connectivity index (χ0) is 26.3. The number of carbonyl (C=O) groups excluding carboxylic acids is 3. The van der Waals surface area contributed by atoms with Crippen LogP contribution in [0.4, 0.5) is 10.5 Å². The minimum absolute atomic E-state index is 0.0959. The third-order valence-electron chi connectivity index (χ3n) is 5.39. The van der Waals surface area contributed by atoms with Gasteiger partial charge < -0.3 is 25.4 Å². The molecule has 0 spiro atoms. The van der Waals surface area contributed by atoms with Crippen LogP contribution in [0.2, 0.25) is 0 Å². The number of nitrogens with one attached hydrogen (secondary N) is 2. The van der Waals surface area contributed by atoms with Gasteiger partial charge in [-0.15, -0.1) is 11.8 Å². The fourth-order valence-electron chi connectivity index (χ4n) is 3.99. The van der Waals surface area contributed by atoms with Crippen LogP contribution in [-0.4, -0.2) is 57.8 Å². The standard InChI is InChI=1S/C26H31N3O6S/c1-26(2,3)35-24(33)21-13-12-20(17-8-5-4-6-9-17)29(21)22(30)15-27-25(34)28-18-10-7-11-19(14-18)36-16-23(31)32/h4-11,14,20-21H,12-13,15-16H2,1-3H3,(H,31,32)(H2,27,28,34). The number of hydrogen-bond acceptors (Lipinski definition) is 6. The van der Waals surface area contributed by atoms with Crippen LogP contribution in [0.1, 0.15) is 45.2 Å². The number of carbonyl (C=O) groups is 4. The largest absolute Gasteiger partial charge is 0.481 e. The van der Waals surface area contributed by atoms with E-state index in [1.807, 2.05) is 30.3 Å². The molecule has 0 radical (unpaired) electrons. The van der Waals surface area contributed by atoms with Crippen LogP contribution < -0.4 is 10.6 Å². The molecule has 0 saturated carbocycles. The van der Waals surface area contributed by atoms with Gasteiger partial charge in [-0.05, 0) is 57.4 Å². The van der Waals surface area contributed by atoms with Crippen LogP contribution in [0.3, 0.4) is 0 Å². The lowest BCUT2D eigenvalue weighted by Crippen LogP contribution is -2.48. The second-order valence-corrected chi connectivity index (χ2v) is 10.4. The molecule has 2 unspecified atom stereocenters. The molecular formula is C26H31N3O6S. The first kappa shape index (κ1) is 27.1. The third kappa shape index (κ3) is 7.74. The van der Waals surface area contributed by atoms with Crippen molar-refractivity contribution in [1.29, 1.82) is 0 Å². The van der Waals surface area contributed by atoms with Crippen LogP contribution in [0.25, 0.3) is 0 Å². The quantitative estimate of drug-likeness (QED) is 0.359. The number of anilines is 1. The van der Waals surface area contributed by atoms with Gasteiger partial charge in [-0.2, -0.15) is 0 Å². The first-order chi connectivity index (χ1) is 17.0. The van der Waals surface area contributed by atoms with Gasteiger partial charge in [-0.1, -0.05) is 36.4 Å². The molecule has 1 aliphatic heterocycles. The summed E-state index contributed by atoms with van der Waals surface area (Å²) >= 11 is 1.13. The van der Waals surface area contributed by atoms with Gasteiger partial charge >= 0.3 is 18.0 Å². The number of aliphatic carboxylic acids is 1. The van der Waals surface area contributed by atoms with Gasteiger partial charge in [0.15, 0.2) is 0 Å². The molecule has 9 nitrogen and oxygen atoms in total. The average molecular weight is 514 g/mol. The highest BCUT2D eigenvalue weighted by Crippen LogP contribution is 2.37. The van der Waals surface area contributed by atoms with Crippen LogP contribution in [0.5, 0.6) is 0 Å². The van der Waals surface area contributed by atoms with E-state index in [4.69, 9.17) is 9.84 Å². The average Bonchev–Trinajstić information content (AvgIpc) is 3.27. The lowest BCUT2D eigenvalue weighted by atomic mass is 10.0. The number of nitrogens with zero attached hydrogens (tertiary/aromatic N) is 1. The van der Waals surface area contributed by atoms with Gasteiger partial charge in [0, 0.05) is 10.6 Å². The van der Waals surface area contributed by atoms with E-state index >= 15 is 0 Å². The van der Waals surface area contributed by atoms with Gasteiger partial charge in [0.2, 0.25) is 5.91 Å². The Kier molecular flexibility index (Phi) is 8.98. The predicted octanol–water partition coefficient (Wildman–Crippen LogP) is 4.06. The predicted molar refractivity (Wildman–Crippen MR) is 137 cm³/mol. The summed E-state index contributed by atoms with van der Waals surface area (Å²) in [6.07, 6.45) is 1.07. The van der Waals surface area contributed by atoms with Crippen molar-refractivity contribution in [3.63, 3.8) is 0 Å². The second-order valence-electron chi connectivity index (χ2n) is 9.37. The highest BCUT2D eigenvalue weighted by atomic mass is 32.2. The summed E-state index contributed by atoms with van der Waals surface area (Å²) in [7, 11) is 0. The summed E-state index contributed by atoms with van der Waals surface area (Å²) in [5.41, 5.74) is 0.689. The molecule has 0 aliphatic carbocycles. The SMILES string of the molecule is CC(C)(C)OC(=O)C1CCC(c2ccccc2)N1C(=O)CNC(=O)Nc1cccc(SCC(=O)O)c1. The van der Waals surface area contributed by atoms with Crippen molar-refractivity contribution in [3.05, 3.63) is 60.2 Å². The first-order valence-corrected chi connectivity index (χ1v) is 12.6. The molecule has 3 N–H and O–H groups in total. The number of thioether (sulfide) groups is 1. The van der Waals surface area contributed by atoms with Gasteiger partial charge in [-0.25, -0.2) is 9.59 Å². The molecule has 2 aromatic carbocycles. The molecule has 2 atom stereocenters. The maximum absolute atomic E-state index is 13.3. The Balaban J connectivity index is 1.67. The van der Waals surface area contributed by atoms with Crippen molar-refractivity contribution in [1.82, 2.24) is 10.2 Å². The molecular weight excluding hydrogens is 482 g/mol. The van der Waals surface area contributed by atoms with Gasteiger partial charge in [0.25, 0.3) is 0 Å². The number of amides is 3. The Morgan fingerprint density at radius 1 is 1.06 bits per heavy atom. The van der Waals surface area contributed by atoms with Gasteiger partial charge in [0.05, 0.1) is 18.3 Å². The number of esters is 1. The van der Waals surface area contributed by atoms with E-state index in [9.17, 15) is 19.2 Å². The van der Waals surface area contributed by atoms with Crippen molar-refractivity contribution >= 4 is 41.3 Å². The molecule has 1 aliphatic rings. The van der Waals surface area contributed by atoms with Gasteiger partial charge in [0.1, 0.15) is 11.6 Å². The number of ether oxygens (including phenoxy) is 1. The van der Waals surface area contributed by atoms with E-state index in [1.54, 1.807) is 45.0 Å². The molecule has 3 amide bonds. The number of benzene rings is 2. The van der Waals surface area contributed by atoms with Crippen molar-refractivity contribution in [3.8, 4) is 0 Å².